The summed E-state index contributed by atoms with van der Waals surface area (Å²) in [5.74, 6) is 0.0195. The molecule has 34 heavy (non-hydrogen) atoms. The third kappa shape index (κ3) is 5.09. The monoisotopic (exact) mass is 477 g/mol. The summed E-state index contributed by atoms with van der Waals surface area (Å²) in [4.78, 5) is 24.5. The summed E-state index contributed by atoms with van der Waals surface area (Å²) in [5.41, 5.74) is 3.20. The Bertz CT molecular complexity index is 1260. The highest BCUT2D eigenvalue weighted by Crippen LogP contribution is 2.40. The predicted molar refractivity (Wildman–Crippen MR) is 131 cm³/mol. The van der Waals surface area contributed by atoms with Crippen LogP contribution in [0.1, 0.15) is 37.2 Å². The summed E-state index contributed by atoms with van der Waals surface area (Å²) in [5, 5.41) is 32.6. The van der Waals surface area contributed by atoms with Crippen molar-refractivity contribution in [2.24, 2.45) is 5.92 Å². The minimum absolute atomic E-state index is 0.0195. The second-order valence-corrected chi connectivity index (χ2v) is 10.1. The minimum atomic E-state index is -0.841. The second kappa shape index (κ2) is 9.50. The first-order valence-electron chi connectivity index (χ1n) is 11.1. The Morgan fingerprint density at radius 1 is 1.29 bits per heavy atom. The number of amides is 2. The number of aliphatic hydroxyl groups is 2. The van der Waals surface area contributed by atoms with E-state index in [2.05, 4.69) is 16.4 Å². The molecular formula is C25H27N5O3S. The molecule has 1 atom stereocenters. The molecule has 1 saturated heterocycles. The van der Waals surface area contributed by atoms with Crippen LogP contribution in [-0.2, 0) is 6.61 Å². The number of hydrogen-bond acceptors (Lipinski definition) is 7. The van der Waals surface area contributed by atoms with Gasteiger partial charge in [0.05, 0.1) is 40.1 Å². The smallest absolute Gasteiger partial charge is 0.323 e. The number of aromatic nitrogens is 2. The van der Waals surface area contributed by atoms with Crippen LogP contribution in [0.2, 0.25) is 0 Å². The standard InChI is InChI=1S/C25H27N5O3S/c1-15-9-18(11-20(14-31)27-15)22-21(17-6-4-5-16(10-17)12-26)28-23(34-22)29-24(32)30-8-7-19(13-30)25(2,3)33/h4-6,9-11,19,31,33H,7-8,13-14H2,1-3H3,(H,28,29,32). The van der Waals surface area contributed by atoms with Gasteiger partial charge in [-0.3, -0.25) is 10.3 Å². The molecule has 4 rings (SSSR count). The summed E-state index contributed by atoms with van der Waals surface area (Å²) in [6.07, 6.45) is 0.743. The maximum absolute atomic E-state index is 12.9. The lowest BCUT2D eigenvalue weighted by Crippen LogP contribution is -2.37. The normalized spacial score (nSPS) is 15.9. The van der Waals surface area contributed by atoms with Crippen LogP contribution in [0.5, 0.6) is 0 Å². The zero-order valence-corrected chi connectivity index (χ0v) is 20.2. The molecule has 1 aliphatic rings. The molecule has 3 heterocycles. The van der Waals surface area contributed by atoms with Gasteiger partial charge in [-0.1, -0.05) is 23.5 Å². The fraction of sp³-hybridized carbons (Fsp3) is 0.360. The van der Waals surface area contributed by atoms with Crippen molar-refractivity contribution < 1.29 is 15.0 Å². The number of rotatable bonds is 5. The number of pyridine rings is 1. The fourth-order valence-corrected chi connectivity index (χ4v) is 5.11. The number of thiazole rings is 1. The van der Waals surface area contributed by atoms with Crippen molar-refractivity contribution in [1.29, 1.82) is 5.26 Å². The van der Waals surface area contributed by atoms with Crippen LogP contribution in [0.3, 0.4) is 0 Å². The van der Waals surface area contributed by atoms with Gasteiger partial charge < -0.3 is 15.1 Å². The average molecular weight is 478 g/mol. The average Bonchev–Trinajstić information content (AvgIpc) is 3.46. The number of carbonyl (C=O) groups excluding carboxylic acids is 1. The number of urea groups is 1. The summed E-state index contributed by atoms with van der Waals surface area (Å²) in [6, 6.07) is 12.8. The van der Waals surface area contributed by atoms with Crippen molar-refractivity contribution in [3.8, 4) is 27.8 Å². The topological polar surface area (TPSA) is 122 Å². The van der Waals surface area contributed by atoms with Crippen LogP contribution in [-0.4, -0.2) is 49.8 Å². The molecule has 3 aromatic rings. The first-order valence-corrected chi connectivity index (χ1v) is 11.9. The van der Waals surface area contributed by atoms with Gasteiger partial charge in [-0.25, -0.2) is 9.78 Å². The van der Waals surface area contributed by atoms with Crippen LogP contribution in [0.15, 0.2) is 36.4 Å². The Kier molecular flexibility index (Phi) is 6.66. The van der Waals surface area contributed by atoms with Gasteiger partial charge in [-0.2, -0.15) is 5.26 Å². The van der Waals surface area contributed by atoms with E-state index in [0.717, 1.165) is 28.1 Å². The third-order valence-electron chi connectivity index (χ3n) is 6.01. The molecule has 0 saturated carbocycles. The van der Waals surface area contributed by atoms with E-state index >= 15 is 0 Å². The number of hydrogen-bond donors (Lipinski definition) is 3. The van der Waals surface area contributed by atoms with E-state index in [1.807, 2.05) is 19.1 Å². The Hall–Kier alpha value is -3.32. The zero-order valence-electron chi connectivity index (χ0n) is 19.4. The van der Waals surface area contributed by atoms with Gasteiger partial charge >= 0.3 is 6.03 Å². The molecule has 2 amide bonds. The number of carbonyl (C=O) groups is 1. The molecule has 3 N–H and O–H groups in total. The van der Waals surface area contributed by atoms with Crippen LogP contribution in [0.25, 0.3) is 21.7 Å². The molecular weight excluding hydrogens is 450 g/mol. The highest BCUT2D eigenvalue weighted by molar-refractivity contribution is 7.19. The predicted octanol–water partition coefficient (Wildman–Crippen LogP) is 4.17. The summed E-state index contributed by atoms with van der Waals surface area (Å²) in [7, 11) is 0. The Morgan fingerprint density at radius 2 is 2.09 bits per heavy atom. The maximum Gasteiger partial charge on any atom is 0.323 e. The molecule has 8 nitrogen and oxygen atoms in total. The number of aliphatic hydroxyl groups excluding tert-OH is 1. The summed E-state index contributed by atoms with van der Waals surface area (Å²) in [6.45, 7) is 6.26. The van der Waals surface area contributed by atoms with Gasteiger partial charge in [-0.05, 0) is 57.0 Å². The number of nitriles is 1. The van der Waals surface area contributed by atoms with Crippen LogP contribution < -0.4 is 5.32 Å². The zero-order chi connectivity index (χ0) is 24.5. The number of anilines is 1. The van der Waals surface area contributed by atoms with Crippen molar-refractivity contribution in [3.63, 3.8) is 0 Å². The number of likely N-dealkylation sites (tertiary alicyclic amines) is 1. The van der Waals surface area contributed by atoms with E-state index < -0.39 is 5.60 Å². The van der Waals surface area contributed by atoms with Crippen molar-refractivity contribution >= 4 is 22.5 Å². The fourth-order valence-electron chi connectivity index (χ4n) is 4.14. The van der Waals surface area contributed by atoms with Crippen LogP contribution in [0.4, 0.5) is 9.93 Å². The lowest BCUT2D eigenvalue weighted by atomic mass is 9.91. The van der Waals surface area contributed by atoms with E-state index in [-0.39, 0.29) is 18.6 Å². The van der Waals surface area contributed by atoms with Crippen molar-refractivity contribution in [3.05, 3.63) is 53.3 Å². The summed E-state index contributed by atoms with van der Waals surface area (Å²) < 4.78 is 0. The molecule has 176 valence electrons. The number of aryl methyl sites for hydroxylation is 1. The number of nitrogens with one attached hydrogen (secondary N) is 1. The van der Waals surface area contributed by atoms with E-state index in [9.17, 15) is 20.3 Å². The quantitative estimate of drug-likeness (QED) is 0.507. The molecule has 1 aromatic carbocycles. The van der Waals surface area contributed by atoms with E-state index in [4.69, 9.17) is 4.98 Å². The molecule has 0 bridgehead atoms. The van der Waals surface area contributed by atoms with Crippen molar-refractivity contribution in [1.82, 2.24) is 14.9 Å². The van der Waals surface area contributed by atoms with Gasteiger partial charge in [0.25, 0.3) is 0 Å². The van der Waals surface area contributed by atoms with E-state index in [1.54, 1.807) is 43.0 Å². The Balaban J connectivity index is 1.69. The van der Waals surface area contributed by atoms with E-state index in [0.29, 0.717) is 35.2 Å². The summed E-state index contributed by atoms with van der Waals surface area (Å²) >= 11 is 1.33. The molecule has 0 spiro atoms. The van der Waals surface area contributed by atoms with Crippen molar-refractivity contribution in [2.75, 3.05) is 18.4 Å². The lowest BCUT2D eigenvalue weighted by Gasteiger charge is -2.25. The largest absolute Gasteiger partial charge is 0.390 e. The van der Waals surface area contributed by atoms with Crippen LogP contribution >= 0.6 is 11.3 Å². The highest BCUT2D eigenvalue weighted by atomic mass is 32.1. The number of nitrogens with zero attached hydrogens (tertiary/aromatic N) is 4. The molecule has 1 fully saturated rings. The third-order valence-corrected chi connectivity index (χ3v) is 7.03. The minimum Gasteiger partial charge on any atom is -0.390 e. The molecule has 0 aliphatic carbocycles. The van der Waals surface area contributed by atoms with Gasteiger partial charge in [-0.15, -0.1) is 0 Å². The highest BCUT2D eigenvalue weighted by Gasteiger charge is 2.35. The molecule has 2 aromatic heterocycles. The Morgan fingerprint density at radius 3 is 2.76 bits per heavy atom. The van der Waals surface area contributed by atoms with Gasteiger partial charge in [0.2, 0.25) is 0 Å². The first-order chi connectivity index (χ1) is 16.2. The Labute approximate surface area is 202 Å². The molecule has 1 unspecified atom stereocenters. The van der Waals surface area contributed by atoms with Gasteiger partial charge in [0.15, 0.2) is 5.13 Å². The second-order valence-electron chi connectivity index (χ2n) is 9.05. The van der Waals surface area contributed by atoms with E-state index in [1.165, 1.54) is 11.3 Å². The van der Waals surface area contributed by atoms with Crippen molar-refractivity contribution in [2.45, 2.75) is 39.4 Å². The van der Waals surface area contributed by atoms with Crippen LogP contribution in [0, 0.1) is 24.2 Å². The molecule has 9 heteroatoms. The SMILES string of the molecule is Cc1cc(-c2sc(NC(=O)N3CCC(C(C)(C)O)C3)nc2-c2cccc(C#N)c2)cc(CO)n1. The lowest BCUT2D eigenvalue weighted by molar-refractivity contribution is 0.0227. The van der Waals surface area contributed by atoms with Gasteiger partial charge in [0, 0.05) is 30.3 Å². The molecule has 0 radical (unpaired) electrons. The molecule has 1 aliphatic heterocycles. The number of benzene rings is 1. The maximum atomic E-state index is 12.9. The first kappa shape index (κ1) is 23.8. The van der Waals surface area contributed by atoms with Gasteiger partial charge in [0.1, 0.15) is 0 Å².